The number of nitrogens with zero attached hydrogens (tertiary/aromatic N) is 2. The number of benzene rings is 1. The average Bonchev–Trinajstić information content (AvgIpc) is 2.82. The lowest BCUT2D eigenvalue weighted by molar-refractivity contribution is 0.0617. The van der Waals surface area contributed by atoms with Gasteiger partial charge in [0.05, 0.1) is 16.6 Å². The molecule has 0 aromatic heterocycles. The molecule has 2 heterocycles. The Hall–Kier alpha value is -1.40. The molecule has 0 saturated carbocycles. The van der Waals surface area contributed by atoms with Gasteiger partial charge in [0.2, 0.25) is 0 Å². The van der Waals surface area contributed by atoms with Gasteiger partial charge in [0.25, 0.3) is 5.91 Å². The molecule has 1 atom stereocenters. The van der Waals surface area contributed by atoms with E-state index >= 15 is 0 Å². The van der Waals surface area contributed by atoms with Crippen LogP contribution >= 0.6 is 24.2 Å². The zero-order chi connectivity index (χ0) is 14.3. The Labute approximate surface area is 127 Å². The molecule has 3 amide bonds. The van der Waals surface area contributed by atoms with Crippen LogP contribution in [-0.4, -0.2) is 54.0 Å². The first kappa shape index (κ1) is 13.6. The lowest BCUT2D eigenvalue weighted by Crippen LogP contribution is -2.53. The third kappa shape index (κ3) is 2.33. The number of rotatable bonds is 1. The summed E-state index contributed by atoms with van der Waals surface area (Å²) in [4.78, 5) is 28.3. The first-order valence-electron chi connectivity index (χ1n) is 6.38. The summed E-state index contributed by atoms with van der Waals surface area (Å²) in [5.41, 5.74) is 0.463. The van der Waals surface area contributed by atoms with E-state index in [2.05, 4.69) is 17.9 Å². The largest absolute Gasteiger partial charge is 0.336 e. The van der Waals surface area contributed by atoms with Gasteiger partial charge in [0.15, 0.2) is 0 Å². The summed E-state index contributed by atoms with van der Waals surface area (Å²) in [6, 6.07) is 5.11. The van der Waals surface area contributed by atoms with Gasteiger partial charge in [-0.25, -0.2) is 4.79 Å². The van der Waals surface area contributed by atoms with Gasteiger partial charge >= 0.3 is 6.03 Å². The summed E-state index contributed by atoms with van der Waals surface area (Å²) < 4.78 is 0. The number of piperazine rings is 1. The number of fused-ring (bicyclic) bond motifs is 1. The fraction of sp³-hybridized carbons (Fsp3) is 0.385. The first-order chi connectivity index (χ1) is 9.56. The van der Waals surface area contributed by atoms with Crippen LogP contribution in [0.4, 0.5) is 4.79 Å². The van der Waals surface area contributed by atoms with E-state index in [0.29, 0.717) is 41.7 Å². The maximum Gasteiger partial charge on any atom is 0.317 e. The van der Waals surface area contributed by atoms with E-state index < -0.39 is 0 Å². The molecule has 2 aliphatic heterocycles. The Bertz CT molecular complexity index is 581. The van der Waals surface area contributed by atoms with Crippen LogP contribution in [0.5, 0.6) is 0 Å². The molecule has 106 valence electrons. The van der Waals surface area contributed by atoms with Crippen LogP contribution in [0.25, 0.3) is 0 Å². The predicted octanol–water partition coefficient (Wildman–Crippen LogP) is 1.48. The molecule has 1 N–H and O–H groups in total. The van der Waals surface area contributed by atoms with Crippen molar-refractivity contribution in [2.24, 2.45) is 0 Å². The Morgan fingerprint density at radius 1 is 1.40 bits per heavy atom. The van der Waals surface area contributed by atoms with Crippen LogP contribution in [0.15, 0.2) is 23.1 Å². The second-order valence-corrected chi connectivity index (χ2v) is 5.87. The van der Waals surface area contributed by atoms with E-state index in [-0.39, 0.29) is 18.0 Å². The topological polar surface area (TPSA) is 52.7 Å². The summed E-state index contributed by atoms with van der Waals surface area (Å²) in [6.07, 6.45) is 0. The average molecular weight is 312 g/mol. The maximum atomic E-state index is 12.5. The van der Waals surface area contributed by atoms with Gasteiger partial charge < -0.3 is 15.1 Å². The van der Waals surface area contributed by atoms with Gasteiger partial charge in [-0.05, 0) is 18.2 Å². The SMILES string of the molecule is O=C(c1cc(S)ccc1Cl)N1CCN2C(=O)NCC2C1. The van der Waals surface area contributed by atoms with Crippen molar-refractivity contribution in [3.63, 3.8) is 0 Å². The van der Waals surface area contributed by atoms with Crippen LogP contribution in [-0.2, 0) is 0 Å². The summed E-state index contributed by atoms with van der Waals surface area (Å²) in [5.74, 6) is -0.107. The molecule has 2 fully saturated rings. The minimum atomic E-state index is -0.107. The van der Waals surface area contributed by atoms with Gasteiger partial charge in [-0.1, -0.05) is 11.6 Å². The number of amides is 3. The fourth-order valence-corrected chi connectivity index (χ4v) is 3.04. The van der Waals surface area contributed by atoms with Crippen molar-refractivity contribution in [3.8, 4) is 0 Å². The van der Waals surface area contributed by atoms with Crippen molar-refractivity contribution in [2.45, 2.75) is 10.9 Å². The van der Waals surface area contributed by atoms with Crippen molar-refractivity contribution < 1.29 is 9.59 Å². The molecular formula is C13H14ClN3O2S. The molecule has 1 unspecified atom stereocenters. The van der Waals surface area contributed by atoms with Crippen molar-refractivity contribution >= 4 is 36.2 Å². The predicted molar refractivity (Wildman–Crippen MR) is 78.5 cm³/mol. The molecule has 3 rings (SSSR count). The van der Waals surface area contributed by atoms with Crippen LogP contribution in [0.3, 0.4) is 0 Å². The fourth-order valence-electron chi connectivity index (χ4n) is 2.64. The molecule has 0 spiro atoms. The zero-order valence-corrected chi connectivity index (χ0v) is 12.3. The van der Waals surface area contributed by atoms with Crippen LogP contribution in [0, 0.1) is 0 Å². The minimum Gasteiger partial charge on any atom is -0.336 e. The van der Waals surface area contributed by atoms with Crippen molar-refractivity contribution in [3.05, 3.63) is 28.8 Å². The molecule has 5 nitrogen and oxygen atoms in total. The van der Waals surface area contributed by atoms with Gasteiger partial charge in [-0.2, -0.15) is 0 Å². The van der Waals surface area contributed by atoms with E-state index in [4.69, 9.17) is 11.6 Å². The minimum absolute atomic E-state index is 0.0440. The number of carbonyl (C=O) groups is 2. The van der Waals surface area contributed by atoms with Crippen molar-refractivity contribution in [2.75, 3.05) is 26.2 Å². The van der Waals surface area contributed by atoms with Gasteiger partial charge in [0, 0.05) is 31.1 Å². The molecular weight excluding hydrogens is 298 g/mol. The molecule has 1 aromatic rings. The summed E-state index contributed by atoms with van der Waals surface area (Å²) in [7, 11) is 0. The number of thiol groups is 1. The molecule has 20 heavy (non-hydrogen) atoms. The standard InChI is InChI=1S/C13H14ClN3O2S/c14-11-2-1-9(20)5-10(11)12(18)16-3-4-17-8(7-16)6-15-13(17)19/h1-2,5,8,20H,3-4,6-7H2,(H,15,19). The smallest absolute Gasteiger partial charge is 0.317 e. The second kappa shape index (κ2) is 5.18. The number of halogens is 1. The first-order valence-corrected chi connectivity index (χ1v) is 7.21. The van der Waals surface area contributed by atoms with Crippen LogP contribution in [0.1, 0.15) is 10.4 Å². The quantitative estimate of drug-likeness (QED) is 0.772. The molecule has 2 saturated heterocycles. The number of hydrogen-bond acceptors (Lipinski definition) is 3. The van der Waals surface area contributed by atoms with E-state index in [1.54, 1.807) is 28.0 Å². The van der Waals surface area contributed by atoms with Gasteiger partial charge in [0.1, 0.15) is 0 Å². The number of urea groups is 1. The van der Waals surface area contributed by atoms with Crippen LogP contribution < -0.4 is 5.32 Å². The van der Waals surface area contributed by atoms with Crippen LogP contribution in [0.2, 0.25) is 5.02 Å². The highest BCUT2D eigenvalue weighted by atomic mass is 35.5. The molecule has 2 aliphatic rings. The number of nitrogens with one attached hydrogen (secondary N) is 1. The van der Waals surface area contributed by atoms with E-state index in [0.717, 1.165) is 0 Å². The molecule has 0 bridgehead atoms. The van der Waals surface area contributed by atoms with Crippen molar-refractivity contribution in [1.82, 2.24) is 15.1 Å². The highest BCUT2D eigenvalue weighted by molar-refractivity contribution is 7.80. The Morgan fingerprint density at radius 2 is 2.20 bits per heavy atom. The number of hydrogen-bond donors (Lipinski definition) is 2. The van der Waals surface area contributed by atoms with Gasteiger partial charge in [-0.15, -0.1) is 12.6 Å². The molecule has 1 aromatic carbocycles. The normalized spacial score (nSPS) is 21.7. The summed E-state index contributed by atoms with van der Waals surface area (Å²) in [5, 5.41) is 3.22. The van der Waals surface area contributed by atoms with E-state index in [1.807, 2.05) is 0 Å². The molecule has 7 heteroatoms. The van der Waals surface area contributed by atoms with Crippen molar-refractivity contribution in [1.29, 1.82) is 0 Å². The summed E-state index contributed by atoms with van der Waals surface area (Å²) in [6.45, 7) is 2.20. The van der Waals surface area contributed by atoms with E-state index in [9.17, 15) is 9.59 Å². The lowest BCUT2D eigenvalue weighted by atomic mass is 10.1. The lowest BCUT2D eigenvalue weighted by Gasteiger charge is -2.36. The monoisotopic (exact) mass is 311 g/mol. The highest BCUT2D eigenvalue weighted by Gasteiger charge is 2.37. The second-order valence-electron chi connectivity index (χ2n) is 4.95. The Balaban J connectivity index is 1.78. The Kier molecular flexibility index (Phi) is 3.52. The highest BCUT2D eigenvalue weighted by Crippen LogP contribution is 2.23. The van der Waals surface area contributed by atoms with Gasteiger partial charge in [-0.3, -0.25) is 4.79 Å². The number of carbonyl (C=O) groups excluding carboxylic acids is 2. The third-order valence-electron chi connectivity index (χ3n) is 3.70. The molecule has 0 aliphatic carbocycles. The summed E-state index contributed by atoms with van der Waals surface area (Å²) >= 11 is 10.3. The Morgan fingerprint density at radius 3 is 3.00 bits per heavy atom. The zero-order valence-electron chi connectivity index (χ0n) is 10.7. The molecule has 0 radical (unpaired) electrons. The van der Waals surface area contributed by atoms with E-state index in [1.165, 1.54) is 0 Å². The third-order valence-corrected chi connectivity index (χ3v) is 4.31. The maximum absolute atomic E-state index is 12.5.